The molecule has 0 N–H and O–H groups in total. The molecule has 0 radical (unpaired) electrons. The molecule has 5 aliphatic rings. The largest absolute Gasteiger partial charge is 0.487 e. The third kappa shape index (κ3) is 4.08. The van der Waals surface area contributed by atoms with Crippen LogP contribution in [0.2, 0.25) is 10.0 Å². The minimum atomic E-state index is -0.296. The number of rotatable bonds is 6. The number of likely N-dealkylation sites (N-methyl/N-ethyl adjacent to an activating group) is 1. The molecule has 7 rings (SSSR count). The molecule has 206 valence electrons. The molecule has 1 spiro atoms. The molecule has 3 fully saturated rings. The van der Waals surface area contributed by atoms with Gasteiger partial charge in [0.15, 0.2) is 0 Å². The van der Waals surface area contributed by atoms with E-state index in [-0.39, 0.29) is 35.9 Å². The molecule has 2 saturated carbocycles. The van der Waals surface area contributed by atoms with Crippen LogP contribution in [0.3, 0.4) is 0 Å². The predicted molar refractivity (Wildman–Crippen MR) is 150 cm³/mol. The molecule has 8 heteroatoms. The average molecular weight is 570 g/mol. The van der Waals surface area contributed by atoms with Crippen LogP contribution in [-0.4, -0.2) is 60.0 Å². The van der Waals surface area contributed by atoms with Gasteiger partial charge in [0.1, 0.15) is 17.6 Å². The molecule has 3 aliphatic carbocycles. The van der Waals surface area contributed by atoms with Crippen molar-refractivity contribution < 1.29 is 19.1 Å². The van der Waals surface area contributed by atoms with E-state index >= 15 is 0 Å². The van der Waals surface area contributed by atoms with Gasteiger partial charge in [-0.3, -0.25) is 14.5 Å². The van der Waals surface area contributed by atoms with Gasteiger partial charge in [-0.2, -0.15) is 0 Å². The van der Waals surface area contributed by atoms with Crippen molar-refractivity contribution in [2.24, 2.45) is 11.8 Å². The molecular formula is C31H34Cl2N2O4. The van der Waals surface area contributed by atoms with Crippen LogP contribution < -0.4 is 9.47 Å². The van der Waals surface area contributed by atoms with Gasteiger partial charge < -0.3 is 14.4 Å². The molecule has 5 atom stereocenters. The molecule has 2 aliphatic heterocycles. The van der Waals surface area contributed by atoms with Crippen LogP contribution in [-0.2, 0) is 27.8 Å². The van der Waals surface area contributed by atoms with E-state index in [9.17, 15) is 9.59 Å². The van der Waals surface area contributed by atoms with E-state index in [2.05, 4.69) is 4.90 Å². The Kier molecular flexibility index (Phi) is 6.18. The number of carbonyl (C=O) groups excluding carboxylic acids is 2. The summed E-state index contributed by atoms with van der Waals surface area (Å²) < 4.78 is 12.6. The SMILES string of the molecule is CC(=O)Oc1ccc2c3c1C[C@@H]1[C@@H]4CC[C@@H](N(C)C(=O)Cc5ccc(Cl)c(Cl)c5)[C@H](O2)[C@]34CCN1CC1CC1. The third-order valence-electron chi connectivity index (χ3n) is 10.1. The highest BCUT2D eigenvalue weighted by molar-refractivity contribution is 6.42. The summed E-state index contributed by atoms with van der Waals surface area (Å²) in [7, 11) is 1.92. The van der Waals surface area contributed by atoms with Crippen molar-refractivity contribution in [3.05, 3.63) is 57.1 Å². The minimum absolute atomic E-state index is 0.0392. The van der Waals surface area contributed by atoms with E-state index in [1.165, 1.54) is 25.3 Å². The standard InChI is InChI=1S/C31H34Cl2N2O4/c1-17(36)38-26-9-10-27-29-20(26)15-25-21-6-8-24(34(2)28(37)14-19-5-7-22(32)23(33)13-19)30(39-27)31(21,29)11-12-35(25)16-18-3-4-18/h5,7,9-10,13,18,21,24-25,30H,3-4,6,8,11-12,14-16H2,1-2H3/t21-,24+,25+,30-,31-/m0/s1. The molecule has 2 heterocycles. The number of halogens is 2. The second kappa shape index (κ2) is 9.39. The van der Waals surface area contributed by atoms with E-state index in [0.29, 0.717) is 27.8 Å². The van der Waals surface area contributed by atoms with Gasteiger partial charge in [0.25, 0.3) is 0 Å². The lowest BCUT2D eigenvalue weighted by Crippen LogP contribution is -2.69. The summed E-state index contributed by atoms with van der Waals surface area (Å²) in [5.41, 5.74) is 3.05. The van der Waals surface area contributed by atoms with Crippen molar-refractivity contribution in [1.82, 2.24) is 9.80 Å². The van der Waals surface area contributed by atoms with Crippen molar-refractivity contribution >= 4 is 35.1 Å². The zero-order valence-corrected chi connectivity index (χ0v) is 23.9. The van der Waals surface area contributed by atoms with Crippen molar-refractivity contribution in [2.45, 2.75) is 75.5 Å². The summed E-state index contributed by atoms with van der Waals surface area (Å²) in [4.78, 5) is 30.2. The number of hydrogen-bond donors (Lipinski definition) is 0. The predicted octanol–water partition coefficient (Wildman–Crippen LogP) is 5.44. The first-order valence-corrected chi connectivity index (χ1v) is 15.0. The molecule has 1 saturated heterocycles. The number of esters is 1. The Morgan fingerprint density at radius 1 is 1.13 bits per heavy atom. The summed E-state index contributed by atoms with van der Waals surface area (Å²) >= 11 is 12.3. The monoisotopic (exact) mass is 568 g/mol. The highest BCUT2D eigenvalue weighted by Gasteiger charge is 2.66. The summed E-state index contributed by atoms with van der Waals surface area (Å²) in [6.45, 7) is 3.67. The third-order valence-corrected chi connectivity index (χ3v) is 10.8. The molecule has 0 aromatic heterocycles. The van der Waals surface area contributed by atoms with Crippen LogP contribution >= 0.6 is 23.2 Å². The summed E-state index contributed by atoms with van der Waals surface area (Å²) in [5, 5.41) is 0.945. The zero-order chi connectivity index (χ0) is 27.1. The van der Waals surface area contributed by atoms with Crippen molar-refractivity contribution in [2.75, 3.05) is 20.1 Å². The second-order valence-corrected chi connectivity index (χ2v) is 13.0. The van der Waals surface area contributed by atoms with Gasteiger partial charge in [-0.1, -0.05) is 29.3 Å². The number of carbonyl (C=O) groups is 2. The van der Waals surface area contributed by atoms with E-state index in [1.54, 1.807) is 12.1 Å². The van der Waals surface area contributed by atoms with Crippen LogP contribution in [0.15, 0.2) is 30.3 Å². The molecule has 1 amide bonds. The number of hydrogen-bond acceptors (Lipinski definition) is 5. The average Bonchev–Trinajstić information content (AvgIpc) is 3.66. The van der Waals surface area contributed by atoms with Crippen LogP contribution in [0, 0.1) is 11.8 Å². The van der Waals surface area contributed by atoms with Crippen molar-refractivity contribution in [1.29, 1.82) is 0 Å². The van der Waals surface area contributed by atoms with E-state index in [4.69, 9.17) is 32.7 Å². The van der Waals surface area contributed by atoms with Crippen LogP contribution in [0.1, 0.15) is 55.7 Å². The number of benzene rings is 2. The van der Waals surface area contributed by atoms with Gasteiger partial charge in [0, 0.05) is 43.1 Å². The molecule has 2 aromatic rings. The molecule has 2 aromatic carbocycles. The maximum atomic E-state index is 13.6. The number of nitrogens with zero attached hydrogens (tertiary/aromatic N) is 2. The maximum Gasteiger partial charge on any atom is 0.308 e. The molecule has 39 heavy (non-hydrogen) atoms. The molecular weight excluding hydrogens is 535 g/mol. The first kappa shape index (κ1) is 25.7. The fourth-order valence-corrected chi connectivity index (χ4v) is 8.56. The van der Waals surface area contributed by atoms with Crippen LogP contribution in [0.25, 0.3) is 0 Å². The van der Waals surface area contributed by atoms with Gasteiger partial charge in [-0.25, -0.2) is 0 Å². The summed E-state index contributed by atoms with van der Waals surface area (Å²) in [6.07, 6.45) is 6.66. The van der Waals surface area contributed by atoms with Gasteiger partial charge in [0.05, 0.1) is 22.5 Å². The van der Waals surface area contributed by atoms with Gasteiger partial charge in [0.2, 0.25) is 5.91 Å². The quantitative estimate of drug-likeness (QED) is 0.343. The molecule has 0 unspecified atom stereocenters. The normalized spacial score (nSPS) is 30.4. The summed E-state index contributed by atoms with van der Waals surface area (Å²) in [6, 6.07) is 9.62. The van der Waals surface area contributed by atoms with Crippen molar-refractivity contribution in [3.63, 3.8) is 0 Å². The molecule has 6 nitrogen and oxygen atoms in total. The highest BCUT2D eigenvalue weighted by atomic mass is 35.5. The fraction of sp³-hybridized carbons (Fsp3) is 0.548. The van der Waals surface area contributed by atoms with Gasteiger partial charge in [-0.05, 0) is 86.7 Å². The Bertz CT molecular complexity index is 1360. The lowest BCUT2D eigenvalue weighted by molar-refractivity contribution is -0.139. The lowest BCUT2D eigenvalue weighted by Gasteiger charge is -2.60. The Morgan fingerprint density at radius 2 is 1.95 bits per heavy atom. The summed E-state index contributed by atoms with van der Waals surface area (Å²) in [5.74, 6) is 2.61. The van der Waals surface area contributed by atoms with Crippen molar-refractivity contribution in [3.8, 4) is 11.5 Å². The second-order valence-electron chi connectivity index (χ2n) is 12.2. The fourth-order valence-electron chi connectivity index (χ4n) is 8.24. The van der Waals surface area contributed by atoms with Crippen LogP contribution in [0.4, 0.5) is 0 Å². The first-order chi connectivity index (χ1) is 18.8. The number of likely N-dealkylation sites (tertiary alicyclic amines) is 1. The van der Waals surface area contributed by atoms with Gasteiger partial charge in [-0.15, -0.1) is 0 Å². The van der Waals surface area contributed by atoms with E-state index in [1.807, 2.05) is 30.1 Å². The number of amides is 1. The first-order valence-electron chi connectivity index (χ1n) is 14.2. The topological polar surface area (TPSA) is 59.1 Å². The Hall–Kier alpha value is -2.28. The Balaban J connectivity index is 1.24. The number of ether oxygens (including phenoxy) is 2. The smallest absolute Gasteiger partial charge is 0.308 e. The highest BCUT2D eigenvalue weighted by Crippen LogP contribution is 2.64. The van der Waals surface area contributed by atoms with Gasteiger partial charge >= 0.3 is 5.97 Å². The maximum absolute atomic E-state index is 13.6. The van der Waals surface area contributed by atoms with Crippen LogP contribution in [0.5, 0.6) is 11.5 Å². The van der Waals surface area contributed by atoms with E-state index < -0.39 is 0 Å². The Labute approximate surface area is 239 Å². The minimum Gasteiger partial charge on any atom is -0.487 e. The zero-order valence-electron chi connectivity index (χ0n) is 22.4. The Morgan fingerprint density at radius 3 is 2.69 bits per heavy atom. The lowest BCUT2D eigenvalue weighted by atomic mass is 9.51. The molecule has 2 bridgehead atoms. The van der Waals surface area contributed by atoms with E-state index in [0.717, 1.165) is 61.6 Å². The number of piperidine rings is 1.